The fourth-order valence-corrected chi connectivity index (χ4v) is 2.94. The van der Waals surface area contributed by atoms with Crippen molar-refractivity contribution in [2.45, 2.75) is 19.9 Å². The zero-order valence-corrected chi connectivity index (χ0v) is 12.9. The van der Waals surface area contributed by atoms with Crippen LogP contribution in [-0.4, -0.2) is 19.6 Å². The standard InChI is InChI=1S/C14H16ClNO3S/c1-9-12(14(17)18-2)7-10(19-9)8-16-6-5-11-3-4-13(15)20-11/h3-4,7,16H,5-6,8H2,1-2H3. The van der Waals surface area contributed by atoms with E-state index in [1.807, 2.05) is 12.1 Å². The first-order chi connectivity index (χ1) is 9.60. The van der Waals surface area contributed by atoms with Gasteiger partial charge in [0.05, 0.1) is 18.0 Å². The monoisotopic (exact) mass is 313 g/mol. The van der Waals surface area contributed by atoms with Crippen LogP contribution in [0.2, 0.25) is 4.34 Å². The van der Waals surface area contributed by atoms with Gasteiger partial charge in [-0.05, 0) is 31.5 Å². The minimum absolute atomic E-state index is 0.370. The third-order valence-electron chi connectivity index (χ3n) is 2.85. The molecular formula is C14H16ClNO3S. The summed E-state index contributed by atoms with van der Waals surface area (Å²) in [6, 6.07) is 5.65. The SMILES string of the molecule is COC(=O)c1cc(CNCCc2ccc(Cl)s2)oc1C. The lowest BCUT2D eigenvalue weighted by atomic mass is 10.2. The highest BCUT2D eigenvalue weighted by Crippen LogP contribution is 2.21. The van der Waals surface area contributed by atoms with E-state index in [0.717, 1.165) is 23.1 Å². The van der Waals surface area contributed by atoms with Crippen LogP contribution in [0.15, 0.2) is 22.6 Å². The molecule has 0 unspecified atom stereocenters. The van der Waals surface area contributed by atoms with Crippen LogP contribution < -0.4 is 5.32 Å². The quantitative estimate of drug-likeness (QED) is 0.656. The van der Waals surface area contributed by atoms with E-state index in [0.29, 0.717) is 17.9 Å². The topological polar surface area (TPSA) is 51.5 Å². The van der Waals surface area contributed by atoms with Gasteiger partial charge in [-0.3, -0.25) is 0 Å². The zero-order chi connectivity index (χ0) is 14.5. The molecule has 4 nitrogen and oxygen atoms in total. The Morgan fingerprint density at radius 2 is 2.30 bits per heavy atom. The lowest BCUT2D eigenvalue weighted by Gasteiger charge is -2.00. The molecule has 0 bridgehead atoms. The lowest BCUT2D eigenvalue weighted by molar-refractivity contribution is 0.0599. The number of aryl methyl sites for hydroxylation is 1. The Balaban J connectivity index is 1.81. The van der Waals surface area contributed by atoms with Crippen molar-refractivity contribution in [3.63, 3.8) is 0 Å². The van der Waals surface area contributed by atoms with Gasteiger partial charge in [-0.1, -0.05) is 11.6 Å². The smallest absolute Gasteiger partial charge is 0.341 e. The van der Waals surface area contributed by atoms with E-state index in [1.165, 1.54) is 12.0 Å². The Bertz CT molecular complexity index is 591. The zero-order valence-electron chi connectivity index (χ0n) is 11.4. The summed E-state index contributed by atoms with van der Waals surface area (Å²) < 4.78 is 11.0. The van der Waals surface area contributed by atoms with Gasteiger partial charge < -0.3 is 14.5 Å². The third-order valence-corrected chi connectivity index (χ3v) is 4.14. The van der Waals surface area contributed by atoms with E-state index >= 15 is 0 Å². The first kappa shape index (κ1) is 15.1. The molecule has 2 aromatic rings. The molecule has 0 saturated carbocycles. The summed E-state index contributed by atoms with van der Waals surface area (Å²) in [5, 5.41) is 3.27. The molecule has 2 rings (SSSR count). The number of carbonyl (C=O) groups is 1. The minimum Gasteiger partial charge on any atom is -0.465 e. The average molecular weight is 314 g/mol. The molecule has 0 saturated heterocycles. The molecule has 0 aliphatic heterocycles. The molecule has 0 amide bonds. The van der Waals surface area contributed by atoms with Crippen LogP contribution in [0.5, 0.6) is 0 Å². The van der Waals surface area contributed by atoms with E-state index in [9.17, 15) is 4.79 Å². The maximum absolute atomic E-state index is 11.5. The van der Waals surface area contributed by atoms with Crippen LogP contribution in [0, 0.1) is 6.92 Å². The molecule has 0 aromatic carbocycles. The van der Waals surface area contributed by atoms with Crippen molar-refractivity contribution in [3.05, 3.63) is 44.5 Å². The highest BCUT2D eigenvalue weighted by molar-refractivity contribution is 7.16. The van der Waals surface area contributed by atoms with Crippen molar-refractivity contribution in [3.8, 4) is 0 Å². The summed E-state index contributed by atoms with van der Waals surface area (Å²) in [5.41, 5.74) is 0.481. The van der Waals surface area contributed by atoms with Gasteiger partial charge in [0, 0.05) is 11.4 Å². The summed E-state index contributed by atoms with van der Waals surface area (Å²) >= 11 is 7.46. The molecule has 2 aromatic heterocycles. The second kappa shape index (κ2) is 6.92. The van der Waals surface area contributed by atoms with Gasteiger partial charge in [0.2, 0.25) is 0 Å². The number of nitrogens with one attached hydrogen (secondary N) is 1. The lowest BCUT2D eigenvalue weighted by Crippen LogP contribution is -2.15. The van der Waals surface area contributed by atoms with E-state index in [4.69, 9.17) is 16.0 Å². The van der Waals surface area contributed by atoms with Crippen molar-refractivity contribution in [1.29, 1.82) is 0 Å². The number of ether oxygens (including phenoxy) is 1. The summed E-state index contributed by atoms with van der Waals surface area (Å²) in [6.45, 7) is 3.16. The van der Waals surface area contributed by atoms with Crippen LogP contribution in [0.3, 0.4) is 0 Å². The number of hydrogen-bond acceptors (Lipinski definition) is 5. The highest BCUT2D eigenvalue weighted by atomic mass is 35.5. The fraction of sp³-hybridized carbons (Fsp3) is 0.357. The molecule has 0 atom stereocenters. The largest absolute Gasteiger partial charge is 0.465 e. The van der Waals surface area contributed by atoms with Crippen LogP contribution in [0.4, 0.5) is 0 Å². The van der Waals surface area contributed by atoms with Crippen LogP contribution in [0.1, 0.15) is 26.8 Å². The predicted molar refractivity (Wildman–Crippen MR) is 79.5 cm³/mol. The van der Waals surface area contributed by atoms with E-state index < -0.39 is 0 Å². The van der Waals surface area contributed by atoms with Gasteiger partial charge in [-0.2, -0.15) is 0 Å². The molecule has 0 radical (unpaired) electrons. The summed E-state index contributed by atoms with van der Waals surface area (Å²) in [5.74, 6) is 0.941. The van der Waals surface area contributed by atoms with Crippen molar-refractivity contribution in [2.75, 3.05) is 13.7 Å². The first-order valence-corrected chi connectivity index (χ1v) is 7.42. The van der Waals surface area contributed by atoms with Crippen LogP contribution >= 0.6 is 22.9 Å². The van der Waals surface area contributed by atoms with Gasteiger partial charge >= 0.3 is 5.97 Å². The Morgan fingerprint density at radius 1 is 1.50 bits per heavy atom. The van der Waals surface area contributed by atoms with Gasteiger partial charge in [-0.15, -0.1) is 11.3 Å². The fourth-order valence-electron chi connectivity index (χ4n) is 1.85. The molecule has 1 N–H and O–H groups in total. The Kier molecular flexibility index (Phi) is 5.23. The van der Waals surface area contributed by atoms with Crippen LogP contribution in [0.25, 0.3) is 0 Å². The van der Waals surface area contributed by atoms with Gasteiger partial charge in [0.15, 0.2) is 0 Å². The molecule has 6 heteroatoms. The third kappa shape index (κ3) is 3.85. The Labute approximate surface area is 126 Å². The van der Waals surface area contributed by atoms with E-state index in [2.05, 4.69) is 10.1 Å². The predicted octanol–water partition coefficient (Wildman–Crippen LogP) is 3.42. The second-order valence-corrected chi connectivity index (χ2v) is 6.11. The molecule has 20 heavy (non-hydrogen) atoms. The maximum atomic E-state index is 11.5. The molecule has 2 heterocycles. The number of halogens is 1. The van der Waals surface area contributed by atoms with Crippen molar-refractivity contribution in [1.82, 2.24) is 5.32 Å². The molecule has 0 fully saturated rings. The number of furan rings is 1. The molecule has 108 valence electrons. The number of esters is 1. The Morgan fingerprint density at radius 3 is 2.95 bits per heavy atom. The number of hydrogen-bond donors (Lipinski definition) is 1. The van der Waals surface area contributed by atoms with Gasteiger partial charge in [-0.25, -0.2) is 4.79 Å². The summed E-state index contributed by atoms with van der Waals surface area (Å²) in [7, 11) is 1.36. The van der Waals surface area contributed by atoms with Gasteiger partial charge in [0.1, 0.15) is 17.1 Å². The van der Waals surface area contributed by atoms with E-state index in [1.54, 1.807) is 24.3 Å². The van der Waals surface area contributed by atoms with Crippen LogP contribution in [-0.2, 0) is 17.7 Å². The normalized spacial score (nSPS) is 10.8. The maximum Gasteiger partial charge on any atom is 0.341 e. The second-order valence-electron chi connectivity index (χ2n) is 4.31. The van der Waals surface area contributed by atoms with E-state index in [-0.39, 0.29) is 5.97 Å². The Hall–Kier alpha value is -1.30. The number of thiophene rings is 1. The van der Waals surface area contributed by atoms with Crippen molar-refractivity contribution in [2.24, 2.45) is 0 Å². The molecule has 0 aliphatic rings. The first-order valence-electron chi connectivity index (χ1n) is 6.22. The molecule has 0 spiro atoms. The van der Waals surface area contributed by atoms with Gasteiger partial charge in [0.25, 0.3) is 0 Å². The highest BCUT2D eigenvalue weighted by Gasteiger charge is 2.14. The molecule has 0 aliphatic carbocycles. The number of carbonyl (C=O) groups excluding carboxylic acids is 1. The van der Waals surface area contributed by atoms with Crippen molar-refractivity contribution < 1.29 is 13.9 Å². The summed E-state index contributed by atoms with van der Waals surface area (Å²) in [6.07, 6.45) is 0.918. The number of methoxy groups -OCH3 is 1. The minimum atomic E-state index is -0.370. The summed E-state index contributed by atoms with van der Waals surface area (Å²) in [4.78, 5) is 12.7. The van der Waals surface area contributed by atoms with Crippen molar-refractivity contribution >= 4 is 28.9 Å². The average Bonchev–Trinajstić information content (AvgIpc) is 3.00. The molecular weight excluding hydrogens is 298 g/mol. The number of rotatable bonds is 6.